The molecular weight excluding hydrogens is 292 g/mol. The zero-order chi connectivity index (χ0) is 16.1. The monoisotopic (exact) mass is 310 g/mol. The van der Waals surface area contributed by atoms with Crippen molar-refractivity contribution in [1.29, 1.82) is 0 Å². The Hall–Kier alpha value is -2.82. The Kier molecular flexibility index (Phi) is 4.57. The van der Waals surface area contributed by atoms with E-state index in [4.69, 9.17) is 9.15 Å². The molecule has 0 aliphatic rings. The van der Waals surface area contributed by atoms with E-state index in [1.807, 2.05) is 61.5 Å². The first-order valence-corrected chi connectivity index (χ1v) is 7.52. The van der Waals surface area contributed by atoms with Gasteiger partial charge in [-0.3, -0.25) is 4.79 Å². The fraction of sp³-hybridized carbons (Fsp3) is 0.222. The van der Waals surface area contributed by atoms with Crippen molar-refractivity contribution < 1.29 is 13.9 Å². The van der Waals surface area contributed by atoms with E-state index in [0.717, 1.165) is 11.1 Å². The fourth-order valence-electron chi connectivity index (χ4n) is 2.24. The molecule has 23 heavy (non-hydrogen) atoms. The maximum Gasteiger partial charge on any atom is 0.308 e. The topological polar surface area (TPSA) is 64.4 Å². The first-order chi connectivity index (χ1) is 11.2. The van der Waals surface area contributed by atoms with Crippen LogP contribution in [0.25, 0.3) is 11.1 Å². The molecule has 1 aromatic heterocycles. The maximum absolute atomic E-state index is 11.9. The first-order valence-electron chi connectivity index (χ1n) is 7.52. The summed E-state index contributed by atoms with van der Waals surface area (Å²) in [6.07, 6.45) is 0.242. The molecule has 3 aromatic rings. The average Bonchev–Trinajstić information content (AvgIpc) is 2.96. The van der Waals surface area contributed by atoms with Gasteiger partial charge in [-0.25, -0.2) is 0 Å². The van der Waals surface area contributed by atoms with Gasteiger partial charge in [0.1, 0.15) is 12.1 Å². The minimum absolute atomic E-state index is 0.133. The number of ether oxygens (including phenoxy) is 1. The summed E-state index contributed by atoms with van der Waals surface area (Å²) in [5.74, 6) is -0.259. The van der Waals surface area contributed by atoms with Crippen LogP contribution < -0.4 is 5.32 Å². The lowest BCUT2D eigenvalue weighted by molar-refractivity contribution is -0.145. The van der Waals surface area contributed by atoms with Crippen molar-refractivity contribution in [2.75, 3.05) is 5.32 Å². The molecule has 3 rings (SSSR count). The Morgan fingerprint density at radius 1 is 1.17 bits per heavy atom. The highest BCUT2D eigenvalue weighted by Crippen LogP contribution is 2.19. The number of nitrogens with zero attached hydrogens (tertiary/aromatic N) is 1. The molecule has 2 aromatic carbocycles. The van der Waals surface area contributed by atoms with E-state index in [0.29, 0.717) is 11.6 Å². The molecule has 1 N–H and O–H groups in total. The molecule has 0 aliphatic carbocycles. The van der Waals surface area contributed by atoms with Crippen LogP contribution in [0.4, 0.5) is 6.01 Å². The number of rotatable bonds is 6. The molecule has 0 spiro atoms. The van der Waals surface area contributed by atoms with E-state index < -0.39 is 0 Å². The number of fused-ring (bicyclic) bond motifs is 1. The van der Waals surface area contributed by atoms with Crippen molar-refractivity contribution in [1.82, 2.24) is 4.98 Å². The predicted molar refractivity (Wildman–Crippen MR) is 87.9 cm³/mol. The molecule has 5 heteroatoms. The van der Waals surface area contributed by atoms with Gasteiger partial charge in [-0.05, 0) is 24.6 Å². The minimum atomic E-state index is -0.259. The van der Waals surface area contributed by atoms with Crippen molar-refractivity contribution in [3.8, 4) is 0 Å². The number of esters is 1. The molecule has 1 heterocycles. The van der Waals surface area contributed by atoms with Crippen LogP contribution in [-0.4, -0.2) is 17.0 Å². The van der Waals surface area contributed by atoms with E-state index in [1.54, 1.807) is 0 Å². The number of aromatic nitrogens is 1. The molecule has 1 unspecified atom stereocenters. The average molecular weight is 310 g/mol. The summed E-state index contributed by atoms with van der Waals surface area (Å²) in [7, 11) is 0. The number of anilines is 1. The summed E-state index contributed by atoms with van der Waals surface area (Å²) in [5, 5.41) is 3.08. The summed E-state index contributed by atoms with van der Waals surface area (Å²) >= 11 is 0. The number of benzene rings is 2. The molecule has 0 aliphatic heterocycles. The van der Waals surface area contributed by atoms with Crippen LogP contribution in [0.5, 0.6) is 0 Å². The molecule has 0 amide bonds. The lowest BCUT2D eigenvalue weighted by atomic mass is 10.2. The summed E-state index contributed by atoms with van der Waals surface area (Å²) < 4.78 is 10.8. The molecule has 1 atom stereocenters. The van der Waals surface area contributed by atoms with Gasteiger partial charge in [0.25, 0.3) is 6.01 Å². The first kappa shape index (κ1) is 15.1. The molecule has 118 valence electrons. The smallest absolute Gasteiger partial charge is 0.308 e. The molecule has 0 saturated heterocycles. The maximum atomic E-state index is 11.9. The summed E-state index contributed by atoms with van der Waals surface area (Å²) in [5.41, 5.74) is 2.48. The van der Waals surface area contributed by atoms with Crippen LogP contribution >= 0.6 is 0 Å². The second kappa shape index (κ2) is 6.96. The van der Waals surface area contributed by atoms with E-state index in [2.05, 4.69) is 10.3 Å². The van der Waals surface area contributed by atoms with Crippen LogP contribution in [-0.2, 0) is 16.1 Å². The van der Waals surface area contributed by atoms with Gasteiger partial charge in [-0.2, -0.15) is 4.98 Å². The molecular formula is C18H18N2O3. The van der Waals surface area contributed by atoms with Gasteiger partial charge in [0.2, 0.25) is 0 Å². The highest BCUT2D eigenvalue weighted by atomic mass is 16.5. The van der Waals surface area contributed by atoms with Gasteiger partial charge in [-0.1, -0.05) is 42.5 Å². The van der Waals surface area contributed by atoms with Crippen LogP contribution in [0.15, 0.2) is 59.0 Å². The van der Waals surface area contributed by atoms with E-state index in [-0.39, 0.29) is 25.0 Å². The van der Waals surface area contributed by atoms with Crippen LogP contribution in [0.3, 0.4) is 0 Å². The van der Waals surface area contributed by atoms with Gasteiger partial charge in [0, 0.05) is 6.04 Å². The normalized spacial score (nSPS) is 12.0. The van der Waals surface area contributed by atoms with Gasteiger partial charge in [0.15, 0.2) is 5.58 Å². The summed E-state index contributed by atoms with van der Waals surface area (Å²) in [4.78, 5) is 16.2. The van der Waals surface area contributed by atoms with E-state index >= 15 is 0 Å². The second-order valence-electron chi connectivity index (χ2n) is 5.38. The Morgan fingerprint density at radius 2 is 1.91 bits per heavy atom. The summed E-state index contributed by atoms with van der Waals surface area (Å²) in [6.45, 7) is 2.17. The van der Waals surface area contributed by atoms with Crippen LogP contribution in [0, 0.1) is 0 Å². The Morgan fingerprint density at radius 3 is 2.70 bits per heavy atom. The third-order valence-electron chi connectivity index (χ3n) is 3.38. The predicted octanol–water partition coefficient (Wildman–Crippen LogP) is 3.76. The SMILES string of the molecule is CC(CC(=O)OCc1ccccc1)Nc1nc2ccccc2o1. The third-order valence-corrected chi connectivity index (χ3v) is 3.38. The zero-order valence-corrected chi connectivity index (χ0v) is 12.9. The Bertz CT molecular complexity index is 750. The van der Waals surface area contributed by atoms with E-state index in [9.17, 15) is 4.79 Å². The molecule has 0 radical (unpaired) electrons. The van der Waals surface area contributed by atoms with Crippen molar-refractivity contribution >= 4 is 23.1 Å². The quantitative estimate of drug-likeness (QED) is 0.702. The number of nitrogens with one attached hydrogen (secondary N) is 1. The highest BCUT2D eigenvalue weighted by Gasteiger charge is 2.13. The van der Waals surface area contributed by atoms with Crippen LogP contribution in [0.1, 0.15) is 18.9 Å². The second-order valence-corrected chi connectivity index (χ2v) is 5.38. The molecule has 5 nitrogen and oxygen atoms in total. The minimum Gasteiger partial charge on any atom is -0.461 e. The Labute approximate surface area is 134 Å². The number of carbonyl (C=O) groups is 1. The van der Waals surface area contributed by atoms with Gasteiger partial charge < -0.3 is 14.5 Å². The van der Waals surface area contributed by atoms with Crippen molar-refractivity contribution in [2.24, 2.45) is 0 Å². The van der Waals surface area contributed by atoms with Crippen molar-refractivity contribution in [3.05, 3.63) is 60.2 Å². The number of carbonyl (C=O) groups excluding carboxylic acids is 1. The molecule has 0 fully saturated rings. The highest BCUT2D eigenvalue weighted by molar-refractivity contribution is 5.74. The lowest BCUT2D eigenvalue weighted by Crippen LogP contribution is -2.21. The van der Waals surface area contributed by atoms with Crippen molar-refractivity contribution in [3.63, 3.8) is 0 Å². The van der Waals surface area contributed by atoms with Gasteiger partial charge in [-0.15, -0.1) is 0 Å². The fourth-order valence-corrected chi connectivity index (χ4v) is 2.24. The molecule has 0 saturated carbocycles. The van der Waals surface area contributed by atoms with Gasteiger partial charge in [0.05, 0.1) is 6.42 Å². The van der Waals surface area contributed by atoms with Gasteiger partial charge >= 0.3 is 5.97 Å². The molecule has 0 bridgehead atoms. The number of hydrogen-bond acceptors (Lipinski definition) is 5. The van der Waals surface area contributed by atoms with Crippen LogP contribution in [0.2, 0.25) is 0 Å². The number of hydrogen-bond donors (Lipinski definition) is 1. The van der Waals surface area contributed by atoms with E-state index in [1.165, 1.54) is 0 Å². The Balaban J connectivity index is 1.50. The number of para-hydroxylation sites is 2. The zero-order valence-electron chi connectivity index (χ0n) is 12.9. The van der Waals surface area contributed by atoms with Crippen molar-refractivity contribution in [2.45, 2.75) is 26.0 Å². The largest absolute Gasteiger partial charge is 0.461 e. The summed E-state index contributed by atoms with van der Waals surface area (Å²) in [6, 6.07) is 17.4. The lowest BCUT2D eigenvalue weighted by Gasteiger charge is -2.11. The third kappa shape index (κ3) is 4.10. The standard InChI is InChI=1S/C18H18N2O3/c1-13(11-17(21)22-12-14-7-3-2-4-8-14)19-18-20-15-9-5-6-10-16(15)23-18/h2-10,13H,11-12H2,1H3,(H,19,20). The number of oxazole rings is 1.